The van der Waals surface area contributed by atoms with Crippen LogP contribution in [0.15, 0.2) is 48.5 Å². The van der Waals surface area contributed by atoms with E-state index in [1.165, 1.54) is 0 Å². The van der Waals surface area contributed by atoms with Crippen LogP contribution in [-0.4, -0.2) is 48.9 Å². The Kier molecular flexibility index (Phi) is 6.51. The number of nitrogens with one attached hydrogen (secondary N) is 1. The van der Waals surface area contributed by atoms with Crippen molar-refractivity contribution in [2.75, 3.05) is 30.4 Å². The number of rotatable bonds is 7. The fourth-order valence-electron chi connectivity index (χ4n) is 3.18. The summed E-state index contributed by atoms with van der Waals surface area (Å²) in [5, 5.41) is 3.14. The van der Waals surface area contributed by atoms with Crippen LogP contribution in [0.2, 0.25) is 5.02 Å². The molecule has 1 fully saturated rings. The normalized spacial score (nSPS) is 16.4. The SMILES string of the molecule is CCOc1ccc(N2C(=O)C[C@@H](N(C)CC(=O)Nc3ccccc3Cl)C2=O)cc1. The van der Waals surface area contributed by atoms with Gasteiger partial charge in [0.2, 0.25) is 11.8 Å². The molecule has 0 saturated carbocycles. The molecule has 2 aromatic rings. The summed E-state index contributed by atoms with van der Waals surface area (Å²) < 4.78 is 5.39. The summed E-state index contributed by atoms with van der Waals surface area (Å²) in [6.45, 7) is 2.36. The third kappa shape index (κ3) is 4.75. The second-order valence-corrected chi connectivity index (χ2v) is 7.06. The highest BCUT2D eigenvalue weighted by atomic mass is 35.5. The quantitative estimate of drug-likeness (QED) is 0.703. The lowest BCUT2D eigenvalue weighted by Gasteiger charge is -2.22. The van der Waals surface area contributed by atoms with Gasteiger partial charge in [-0.15, -0.1) is 0 Å². The monoisotopic (exact) mass is 415 g/mol. The maximum absolute atomic E-state index is 12.8. The summed E-state index contributed by atoms with van der Waals surface area (Å²) in [7, 11) is 1.64. The van der Waals surface area contributed by atoms with Gasteiger partial charge in [0.1, 0.15) is 5.75 Å². The van der Waals surface area contributed by atoms with Gasteiger partial charge in [-0.3, -0.25) is 19.3 Å². The number of para-hydroxylation sites is 1. The standard InChI is InChI=1S/C21H22ClN3O4/c1-3-29-15-10-8-14(9-11-15)25-20(27)12-18(21(25)28)24(2)13-19(26)23-17-7-5-4-6-16(17)22/h4-11,18H,3,12-13H2,1-2H3,(H,23,26)/t18-/m1/s1. The number of carbonyl (C=O) groups is 3. The molecule has 3 amide bonds. The molecule has 0 aliphatic carbocycles. The van der Waals surface area contributed by atoms with Crippen molar-refractivity contribution in [2.45, 2.75) is 19.4 Å². The van der Waals surface area contributed by atoms with E-state index >= 15 is 0 Å². The number of anilines is 2. The third-order valence-electron chi connectivity index (χ3n) is 4.60. The Morgan fingerprint density at radius 2 is 1.90 bits per heavy atom. The zero-order chi connectivity index (χ0) is 21.0. The molecule has 0 radical (unpaired) electrons. The van der Waals surface area contributed by atoms with Crippen LogP contribution >= 0.6 is 11.6 Å². The molecule has 3 rings (SSSR count). The largest absolute Gasteiger partial charge is 0.494 e. The van der Waals surface area contributed by atoms with Gasteiger partial charge < -0.3 is 10.1 Å². The van der Waals surface area contributed by atoms with Crippen LogP contribution in [-0.2, 0) is 14.4 Å². The number of nitrogens with zero attached hydrogens (tertiary/aromatic N) is 2. The van der Waals surface area contributed by atoms with E-state index in [-0.39, 0.29) is 30.7 Å². The van der Waals surface area contributed by atoms with Crippen molar-refractivity contribution in [1.82, 2.24) is 4.90 Å². The van der Waals surface area contributed by atoms with Crippen molar-refractivity contribution in [3.05, 3.63) is 53.6 Å². The van der Waals surface area contributed by atoms with Crippen molar-refractivity contribution in [2.24, 2.45) is 0 Å². The topological polar surface area (TPSA) is 79.0 Å². The summed E-state index contributed by atoms with van der Waals surface area (Å²) in [6.07, 6.45) is 0.0158. The van der Waals surface area contributed by atoms with Crippen LogP contribution < -0.4 is 15.0 Å². The van der Waals surface area contributed by atoms with Crippen LogP contribution in [0.5, 0.6) is 5.75 Å². The highest BCUT2D eigenvalue weighted by molar-refractivity contribution is 6.33. The molecule has 1 atom stereocenters. The number of imide groups is 1. The van der Waals surface area contributed by atoms with Crippen LogP contribution in [0.3, 0.4) is 0 Å². The average molecular weight is 416 g/mol. The molecule has 7 nitrogen and oxygen atoms in total. The number of halogens is 1. The van der Waals surface area contributed by atoms with Crippen molar-refractivity contribution in [1.29, 1.82) is 0 Å². The molecule has 1 saturated heterocycles. The Bertz CT molecular complexity index is 916. The fraction of sp³-hybridized carbons (Fsp3) is 0.286. The summed E-state index contributed by atoms with van der Waals surface area (Å²) in [4.78, 5) is 40.4. The third-order valence-corrected chi connectivity index (χ3v) is 4.93. The highest BCUT2D eigenvalue weighted by Crippen LogP contribution is 2.27. The number of amides is 3. The van der Waals surface area contributed by atoms with Crippen molar-refractivity contribution >= 4 is 40.7 Å². The maximum atomic E-state index is 12.8. The molecule has 0 spiro atoms. The first-order chi connectivity index (χ1) is 13.9. The molecule has 29 heavy (non-hydrogen) atoms. The average Bonchev–Trinajstić information content (AvgIpc) is 2.99. The van der Waals surface area contributed by atoms with Gasteiger partial charge >= 0.3 is 0 Å². The first kappa shape index (κ1) is 20.8. The Hall–Kier alpha value is -2.90. The maximum Gasteiger partial charge on any atom is 0.251 e. The zero-order valence-corrected chi connectivity index (χ0v) is 17.0. The van der Waals surface area contributed by atoms with Crippen molar-refractivity contribution in [3.63, 3.8) is 0 Å². The van der Waals surface area contributed by atoms with Crippen molar-refractivity contribution < 1.29 is 19.1 Å². The Morgan fingerprint density at radius 3 is 2.55 bits per heavy atom. The van der Waals surface area contributed by atoms with Gasteiger partial charge in [-0.2, -0.15) is 0 Å². The fourth-order valence-corrected chi connectivity index (χ4v) is 3.36. The Labute approximate surface area is 174 Å². The molecule has 0 unspecified atom stereocenters. The number of carbonyl (C=O) groups excluding carboxylic acids is 3. The van der Waals surface area contributed by atoms with Gasteiger partial charge in [0.05, 0.1) is 42.0 Å². The van der Waals surface area contributed by atoms with Gasteiger partial charge in [0.15, 0.2) is 0 Å². The van der Waals surface area contributed by atoms with E-state index in [2.05, 4.69) is 5.32 Å². The second-order valence-electron chi connectivity index (χ2n) is 6.66. The minimum absolute atomic E-state index is 0.0158. The molecule has 1 aliphatic rings. The van der Waals surface area contributed by atoms with Gasteiger partial charge in [0.25, 0.3) is 5.91 Å². The molecule has 0 aromatic heterocycles. The van der Waals surface area contributed by atoms with E-state index in [1.807, 2.05) is 6.92 Å². The molecule has 2 aromatic carbocycles. The predicted octanol–water partition coefficient (Wildman–Crippen LogP) is 2.94. The lowest BCUT2D eigenvalue weighted by molar-refractivity contribution is -0.123. The Balaban J connectivity index is 1.65. The number of benzene rings is 2. The molecule has 1 N–H and O–H groups in total. The first-order valence-electron chi connectivity index (χ1n) is 9.25. The van der Waals surface area contributed by atoms with Crippen LogP contribution in [0, 0.1) is 0 Å². The van der Waals surface area contributed by atoms with Crippen LogP contribution in [0.4, 0.5) is 11.4 Å². The minimum Gasteiger partial charge on any atom is -0.494 e. The lowest BCUT2D eigenvalue weighted by Crippen LogP contribution is -2.43. The van der Waals surface area contributed by atoms with Crippen LogP contribution in [0.1, 0.15) is 13.3 Å². The van der Waals surface area contributed by atoms with Gasteiger partial charge in [-0.1, -0.05) is 23.7 Å². The zero-order valence-electron chi connectivity index (χ0n) is 16.2. The summed E-state index contributed by atoms with van der Waals surface area (Å²) in [5.74, 6) is -0.310. The summed E-state index contributed by atoms with van der Waals surface area (Å²) in [5.41, 5.74) is 0.984. The van der Waals surface area contributed by atoms with E-state index in [0.717, 1.165) is 4.90 Å². The Morgan fingerprint density at radius 1 is 1.21 bits per heavy atom. The van der Waals surface area contributed by atoms with E-state index in [0.29, 0.717) is 28.8 Å². The van der Waals surface area contributed by atoms with E-state index < -0.39 is 6.04 Å². The number of hydrogen-bond donors (Lipinski definition) is 1. The molecule has 1 heterocycles. The number of ether oxygens (including phenoxy) is 1. The minimum atomic E-state index is -0.703. The van der Waals surface area contributed by atoms with Gasteiger partial charge in [-0.25, -0.2) is 4.90 Å². The molecular formula is C21H22ClN3O4. The number of likely N-dealkylation sites (N-methyl/N-ethyl adjacent to an activating group) is 1. The lowest BCUT2D eigenvalue weighted by atomic mass is 10.2. The predicted molar refractivity (Wildman–Crippen MR) is 111 cm³/mol. The molecular weight excluding hydrogens is 394 g/mol. The van der Waals surface area contributed by atoms with E-state index in [4.69, 9.17) is 16.3 Å². The first-order valence-corrected chi connectivity index (χ1v) is 9.62. The second kappa shape index (κ2) is 9.07. The van der Waals surface area contributed by atoms with E-state index in [1.54, 1.807) is 60.5 Å². The summed E-state index contributed by atoms with van der Waals surface area (Å²) in [6, 6.07) is 13.0. The smallest absolute Gasteiger partial charge is 0.251 e. The number of hydrogen-bond acceptors (Lipinski definition) is 5. The molecule has 0 bridgehead atoms. The molecule has 8 heteroatoms. The molecule has 1 aliphatic heterocycles. The van der Waals surface area contributed by atoms with Gasteiger partial charge in [0, 0.05) is 0 Å². The highest BCUT2D eigenvalue weighted by Gasteiger charge is 2.42. The van der Waals surface area contributed by atoms with Crippen molar-refractivity contribution in [3.8, 4) is 5.75 Å². The molecule has 152 valence electrons. The summed E-state index contributed by atoms with van der Waals surface area (Å²) >= 11 is 6.05. The van der Waals surface area contributed by atoms with Gasteiger partial charge in [-0.05, 0) is 50.4 Å². The van der Waals surface area contributed by atoms with E-state index in [9.17, 15) is 14.4 Å². The van der Waals surface area contributed by atoms with Crippen LogP contribution in [0.25, 0.3) is 0 Å².